The SMILES string of the molecule is OCC1OC(O)(CO)[C@@H](O)C1SF. The van der Waals surface area contributed by atoms with Crippen LogP contribution in [0.15, 0.2) is 0 Å². The minimum atomic E-state index is -2.17. The maximum atomic E-state index is 12.2. The van der Waals surface area contributed by atoms with Gasteiger partial charge in [-0.05, 0) is 0 Å². The topological polar surface area (TPSA) is 90.2 Å². The summed E-state index contributed by atoms with van der Waals surface area (Å²) in [7, 11) is 0. The normalized spacial score (nSPS) is 45.5. The van der Waals surface area contributed by atoms with Gasteiger partial charge in [0.15, 0.2) is 0 Å². The van der Waals surface area contributed by atoms with Crippen molar-refractivity contribution in [3.63, 3.8) is 0 Å². The zero-order valence-corrected chi connectivity index (χ0v) is 7.45. The van der Waals surface area contributed by atoms with E-state index in [1.165, 1.54) is 0 Å². The predicted octanol–water partition coefficient (Wildman–Crippen LogP) is -1.59. The summed E-state index contributed by atoms with van der Waals surface area (Å²) in [5, 5.41) is 35.0. The van der Waals surface area contributed by atoms with Crippen LogP contribution in [-0.2, 0) is 4.74 Å². The standard InChI is InChI=1S/C6H11FO5S/c7-13-4-3(1-8)12-6(11,2-9)5(4)10/h3-5,8-11H,1-2H2/t3?,4?,5-,6?/m0/s1. The van der Waals surface area contributed by atoms with Crippen molar-refractivity contribution in [3.05, 3.63) is 0 Å². The van der Waals surface area contributed by atoms with Gasteiger partial charge in [0.2, 0.25) is 5.79 Å². The molecule has 3 unspecified atom stereocenters. The second-order valence-corrected chi connectivity index (χ2v) is 3.56. The van der Waals surface area contributed by atoms with Crippen LogP contribution < -0.4 is 0 Å². The summed E-state index contributed by atoms with van der Waals surface area (Å²) < 4.78 is 16.9. The van der Waals surface area contributed by atoms with E-state index >= 15 is 0 Å². The summed E-state index contributed by atoms with van der Waals surface area (Å²) >= 11 is -0.215. The Hall–Kier alpha value is 0.0800. The van der Waals surface area contributed by atoms with Crippen molar-refractivity contribution in [1.82, 2.24) is 0 Å². The first-order valence-corrected chi connectivity index (χ1v) is 4.44. The van der Waals surface area contributed by atoms with Crippen molar-refractivity contribution in [3.8, 4) is 0 Å². The van der Waals surface area contributed by atoms with Gasteiger partial charge in [-0.2, -0.15) is 3.89 Å². The van der Waals surface area contributed by atoms with E-state index in [1.54, 1.807) is 0 Å². The highest BCUT2D eigenvalue weighted by molar-refractivity contribution is 7.95. The zero-order chi connectivity index (χ0) is 10.1. The van der Waals surface area contributed by atoms with E-state index in [4.69, 9.17) is 14.9 Å². The van der Waals surface area contributed by atoms with Crippen molar-refractivity contribution in [1.29, 1.82) is 0 Å². The van der Waals surface area contributed by atoms with E-state index < -0.39 is 36.5 Å². The van der Waals surface area contributed by atoms with Crippen LogP contribution in [0.2, 0.25) is 0 Å². The molecule has 4 N–H and O–H groups in total. The monoisotopic (exact) mass is 214 g/mol. The van der Waals surface area contributed by atoms with E-state index in [9.17, 15) is 14.1 Å². The molecule has 1 heterocycles. The Labute approximate surface area is 78.4 Å². The Morgan fingerprint density at radius 3 is 2.38 bits per heavy atom. The van der Waals surface area contributed by atoms with E-state index in [2.05, 4.69) is 0 Å². The Kier molecular flexibility index (Phi) is 3.50. The van der Waals surface area contributed by atoms with Crippen molar-refractivity contribution in [2.75, 3.05) is 13.2 Å². The average Bonchev–Trinajstić information content (AvgIpc) is 2.40. The Morgan fingerprint density at radius 2 is 2.08 bits per heavy atom. The summed E-state index contributed by atoms with van der Waals surface area (Å²) in [5.41, 5.74) is 0. The molecule has 0 bridgehead atoms. The quantitative estimate of drug-likeness (QED) is 0.452. The molecule has 1 fully saturated rings. The first-order chi connectivity index (χ1) is 6.09. The van der Waals surface area contributed by atoms with Crippen molar-refractivity contribution in [2.24, 2.45) is 0 Å². The lowest BCUT2D eigenvalue weighted by Gasteiger charge is -2.23. The molecule has 1 saturated heterocycles. The van der Waals surface area contributed by atoms with E-state index in [-0.39, 0.29) is 12.1 Å². The maximum Gasteiger partial charge on any atom is 0.217 e. The minimum Gasteiger partial charge on any atom is -0.394 e. The maximum absolute atomic E-state index is 12.2. The second kappa shape index (κ2) is 4.07. The van der Waals surface area contributed by atoms with Gasteiger partial charge in [-0.25, -0.2) is 0 Å². The fourth-order valence-corrected chi connectivity index (χ4v) is 1.80. The lowest BCUT2D eigenvalue weighted by molar-refractivity contribution is -0.247. The predicted molar refractivity (Wildman–Crippen MR) is 42.5 cm³/mol. The number of hydrogen-bond acceptors (Lipinski definition) is 6. The molecule has 1 aliphatic heterocycles. The molecule has 7 heteroatoms. The number of aliphatic hydroxyl groups is 4. The number of aliphatic hydroxyl groups excluding tert-OH is 3. The Bertz CT molecular complexity index is 182. The number of hydrogen-bond donors (Lipinski definition) is 4. The van der Waals surface area contributed by atoms with Gasteiger partial charge in [0.25, 0.3) is 0 Å². The van der Waals surface area contributed by atoms with Crippen molar-refractivity contribution < 1.29 is 29.0 Å². The summed E-state index contributed by atoms with van der Waals surface area (Å²) in [6.45, 7) is -1.37. The van der Waals surface area contributed by atoms with E-state index in [0.29, 0.717) is 0 Å². The molecule has 1 rings (SSSR count). The fourth-order valence-electron chi connectivity index (χ4n) is 1.24. The number of halogens is 1. The highest BCUT2D eigenvalue weighted by Gasteiger charge is 2.54. The molecule has 0 aromatic heterocycles. The number of rotatable bonds is 3. The van der Waals surface area contributed by atoms with Gasteiger partial charge in [0, 0.05) is 0 Å². The lowest BCUT2D eigenvalue weighted by Crippen LogP contribution is -2.45. The molecule has 0 saturated carbocycles. The highest BCUT2D eigenvalue weighted by Crippen LogP contribution is 2.36. The van der Waals surface area contributed by atoms with Gasteiger partial charge in [0.05, 0.1) is 30.6 Å². The molecular weight excluding hydrogens is 203 g/mol. The van der Waals surface area contributed by atoms with Crippen LogP contribution in [-0.4, -0.2) is 56.9 Å². The molecule has 0 aromatic carbocycles. The largest absolute Gasteiger partial charge is 0.394 e. The molecule has 1 aliphatic rings. The molecule has 0 spiro atoms. The third-order valence-electron chi connectivity index (χ3n) is 2.00. The second-order valence-electron chi connectivity index (χ2n) is 2.84. The van der Waals surface area contributed by atoms with Crippen molar-refractivity contribution in [2.45, 2.75) is 23.2 Å². The van der Waals surface area contributed by atoms with Gasteiger partial charge in [0.1, 0.15) is 12.2 Å². The van der Waals surface area contributed by atoms with Crippen LogP contribution >= 0.6 is 12.1 Å². The molecule has 4 atom stereocenters. The van der Waals surface area contributed by atoms with Gasteiger partial charge >= 0.3 is 0 Å². The van der Waals surface area contributed by atoms with E-state index in [0.717, 1.165) is 0 Å². The van der Waals surface area contributed by atoms with E-state index in [1.807, 2.05) is 0 Å². The molecule has 0 radical (unpaired) electrons. The van der Waals surface area contributed by atoms with Crippen LogP contribution in [0, 0.1) is 0 Å². The Morgan fingerprint density at radius 1 is 1.46 bits per heavy atom. The van der Waals surface area contributed by atoms with Crippen LogP contribution in [0.1, 0.15) is 0 Å². The van der Waals surface area contributed by atoms with Gasteiger partial charge in [-0.1, -0.05) is 0 Å². The first kappa shape index (κ1) is 11.2. The minimum absolute atomic E-state index is 0.215. The molecule has 0 aromatic rings. The summed E-state index contributed by atoms with van der Waals surface area (Å²) in [4.78, 5) is 0. The van der Waals surface area contributed by atoms with Gasteiger partial charge < -0.3 is 25.2 Å². The van der Waals surface area contributed by atoms with Crippen LogP contribution in [0.25, 0.3) is 0 Å². The fraction of sp³-hybridized carbons (Fsp3) is 1.00. The van der Waals surface area contributed by atoms with Crippen LogP contribution in [0.3, 0.4) is 0 Å². The third kappa shape index (κ3) is 1.80. The molecule has 5 nitrogen and oxygen atoms in total. The summed E-state index contributed by atoms with van der Waals surface area (Å²) in [6, 6.07) is 0. The molecule has 13 heavy (non-hydrogen) atoms. The summed E-state index contributed by atoms with van der Waals surface area (Å²) in [6.07, 6.45) is -2.56. The summed E-state index contributed by atoms with van der Waals surface area (Å²) in [5.74, 6) is -2.17. The van der Waals surface area contributed by atoms with Gasteiger partial charge in [-0.3, -0.25) is 0 Å². The molecular formula is C6H11FO5S. The van der Waals surface area contributed by atoms with Gasteiger partial charge in [-0.15, -0.1) is 0 Å². The molecule has 0 aliphatic carbocycles. The molecule has 78 valence electrons. The average molecular weight is 214 g/mol. The Balaban J connectivity index is 2.76. The van der Waals surface area contributed by atoms with Crippen LogP contribution in [0.4, 0.5) is 3.89 Å². The zero-order valence-electron chi connectivity index (χ0n) is 6.63. The number of ether oxygens (including phenoxy) is 1. The first-order valence-electron chi connectivity index (χ1n) is 3.66. The van der Waals surface area contributed by atoms with Crippen molar-refractivity contribution >= 4 is 12.1 Å². The third-order valence-corrected chi connectivity index (χ3v) is 2.77. The smallest absolute Gasteiger partial charge is 0.217 e. The lowest BCUT2D eigenvalue weighted by atomic mass is 10.1. The van der Waals surface area contributed by atoms with Crippen LogP contribution in [0.5, 0.6) is 0 Å². The highest BCUT2D eigenvalue weighted by atomic mass is 32.2. The molecule has 0 amide bonds.